The Labute approximate surface area is 359 Å². The number of ether oxygens (including phenoxy) is 2. The fraction of sp³-hybridized carbons (Fsp3) is 0.885. The molecule has 0 spiro atoms. The van der Waals surface area contributed by atoms with Crippen molar-refractivity contribution in [2.24, 2.45) is 50.2 Å². The van der Waals surface area contributed by atoms with Crippen molar-refractivity contribution >= 4 is 23.7 Å². The third-order valence-corrected chi connectivity index (χ3v) is 18.1. The van der Waals surface area contributed by atoms with Gasteiger partial charge in [-0.05, 0) is 111 Å². The summed E-state index contributed by atoms with van der Waals surface area (Å²) in [7, 11) is 0. The minimum Gasteiger partial charge on any atom is -0.481 e. The smallest absolute Gasteiger partial charge is 0.311 e. The summed E-state index contributed by atoms with van der Waals surface area (Å²) in [5.41, 5.74) is -0.148. The average Bonchev–Trinajstić information content (AvgIpc) is 3.17. The molecular weight excluding hydrogens is 737 g/mol. The van der Waals surface area contributed by atoms with Gasteiger partial charge in [0.25, 0.3) is 0 Å². The average molecular weight is 823 g/mol. The van der Waals surface area contributed by atoms with Crippen LogP contribution < -0.4 is 0 Å². The number of unbranched alkanes of at least 4 members (excludes halogenated alkanes) is 15. The number of rotatable bonds is 22. The number of carbonyl (C=O) groups excluding carboxylic acids is 3. The highest BCUT2D eigenvalue weighted by molar-refractivity contribution is 5.95. The van der Waals surface area contributed by atoms with E-state index in [1.807, 2.05) is 0 Å². The maximum Gasteiger partial charge on any atom is 0.311 e. The molecule has 0 aromatic rings. The molecule has 0 bridgehead atoms. The highest BCUT2D eigenvalue weighted by Gasteiger charge is 2.70. The molecular formula is C52H86O7. The molecule has 0 saturated heterocycles. The Morgan fingerprint density at radius 1 is 0.695 bits per heavy atom. The van der Waals surface area contributed by atoms with E-state index in [0.29, 0.717) is 13.0 Å². The Morgan fingerprint density at radius 2 is 1.25 bits per heavy atom. The van der Waals surface area contributed by atoms with Gasteiger partial charge in [-0.3, -0.25) is 19.2 Å². The first-order valence-electron chi connectivity index (χ1n) is 24.7. The lowest BCUT2D eigenvalue weighted by atomic mass is 9.33. The fourth-order valence-corrected chi connectivity index (χ4v) is 14.0. The third kappa shape index (κ3) is 10.2. The van der Waals surface area contributed by atoms with Crippen molar-refractivity contribution in [1.82, 2.24) is 0 Å². The number of hydrogen-bond donors (Lipinski definition) is 1. The van der Waals surface area contributed by atoms with Gasteiger partial charge in [0.05, 0.1) is 24.9 Å². The van der Waals surface area contributed by atoms with E-state index in [1.54, 1.807) is 0 Å². The summed E-state index contributed by atoms with van der Waals surface area (Å²) in [4.78, 5) is 52.6. The Kier molecular flexibility index (Phi) is 16.1. The highest BCUT2D eigenvalue weighted by Crippen LogP contribution is 2.75. The van der Waals surface area contributed by atoms with E-state index in [4.69, 9.17) is 14.6 Å². The summed E-state index contributed by atoms with van der Waals surface area (Å²) < 4.78 is 12.1. The van der Waals surface area contributed by atoms with Crippen molar-refractivity contribution in [3.8, 4) is 0 Å². The minimum atomic E-state index is -0.998. The Balaban J connectivity index is 1.13. The molecule has 7 nitrogen and oxygen atoms in total. The molecule has 5 rings (SSSR count). The van der Waals surface area contributed by atoms with Crippen LogP contribution >= 0.6 is 0 Å². The third-order valence-electron chi connectivity index (χ3n) is 18.1. The Morgan fingerprint density at radius 3 is 1.83 bits per heavy atom. The maximum atomic E-state index is 14.9. The van der Waals surface area contributed by atoms with Crippen LogP contribution in [0.1, 0.15) is 229 Å². The van der Waals surface area contributed by atoms with E-state index in [1.165, 1.54) is 95.5 Å². The molecule has 5 aliphatic carbocycles. The number of hydrogen-bond acceptors (Lipinski definition) is 6. The van der Waals surface area contributed by atoms with Crippen LogP contribution in [-0.2, 0) is 28.7 Å². The zero-order valence-electron chi connectivity index (χ0n) is 39.1. The van der Waals surface area contributed by atoms with Crippen LogP contribution in [0.25, 0.3) is 0 Å². The normalized spacial score (nSPS) is 36.0. The monoisotopic (exact) mass is 823 g/mol. The molecule has 0 radical (unpaired) electrons. The molecule has 0 unspecified atom stereocenters. The molecule has 1 N–H and O–H groups in total. The molecule has 0 aromatic carbocycles. The summed E-state index contributed by atoms with van der Waals surface area (Å²) in [6.07, 6.45) is 30.7. The van der Waals surface area contributed by atoms with Crippen LogP contribution in [0.2, 0.25) is 0 Å². The number of carbonyl (C=O) groups is 4. The summed E-state index contributed by atoms with van der Waals surface area (Å²) >= 11 is 0. The van der Waals surface area contributed by atoms with Crippen LogP contribution in [0, 0.1) is 50.2 Å². The topological polar surface area (TPSA) is 107 Å². The first-order chi connectivity index (χ1) is 27.9. The second kappa shape index (κ2) is 19.9. The van der Waals surface area contributed by atoms with Gasteiger partial charge in [-0.15, -0.1) is 0 Å². The van der Waals surface area contributed by atoms with Crippen LogP contribution in [0.15, 0.2) is 11.6 Å². The highest BCUT2D eigenvalue weighted by atomic mass is 16.5. The van der Waals surface area contributed by atoms with Crippen molar-refractivity contribution in [1.29, 1.82) is 0 Å². The van der Waals surface area contributed by atoms with E-state index < -0.39 is 17.4 Å². The van der Waals surface area contributed by atoms with E-state index in [9.17, 15) is 19.2 Å². The maximum absolute atomic E-state index is 14.9. The van der Waals surface area contributed by atoms with E-state index in [2.05, 4.69) is 61.5 Å². The second-order valence-electron chi connectivity index (χ2n) is 22.4. The van der Waals surface area contributed by atoms with Crippen molar-refractivity contribution < 1.29 is 33.8 Å². The van der Waals surface area contributed by atoms with Gasteiger partial charge in [-0.25, -0.2) is 0 Å². The zero-order chi connectivity index (χ0) is 43.1. The van der Waals surface area contributed by atoms with Gasteiger partial charge in [-0.1, -0.05) is 150 Å². The molecule has 0 heterocycles. The molecule has 4 saturated carbocycles. The number of allylic oxidation sites excluding steroid dienone is 2. The number of fused-ring (bicyclic) bond motifs is 7. The van der Waals surface area contributed by atoms with Crippen LogP contribution in [-0.4, -0.2) is 41.5 Å². The number of esters is 2. The van der Waals surface area contributed by atoms with Gasteiger partial charge in [-0.2, -0.15) is 0 Å². The summed E-state index contributed by atoms with van der Waals surface area (Å²) in [6.45, 7) is 18.9. The first-order valence-corrected chi connectivity index (χ1v) is 24.7. The Bertz CT molecular complexity index is 1500. The minimum absolute atomic E-state index is 0.0460. The van der Waals surface area contributed by atoms with Gasteiger partial charge in [0.2, 0.25) is 0 Å². The summed E-state index contributed by atoms with van der Waals surface area (Å²) in [5.74, 6) is -1.00. The van der Waals surface area contributed by atoms with Crippen LogP contribution in [0.4, 0.5) is 0 Å². The largest absolute Gasteiger partial charge is 0.481 e. The number of carboxylic acids is 1. The van der Waals surface area contributed by atoms with E-state index >= 15 is 0 Å². The van der Waals surface area contributed by atoms with Crippen molar-refractivity contribution in [3.63, 3.8) is 0 Å². The molecule has 5 aliphatic rings. The molecule has 7 heteroatoms. The lowest BCUT2D eigenvalue weighted by Crippen LogP contribution is -2.66. The van der Waals surface area contributed by atoms with Gasteiger partial charge in [0, 0.05) is 11.3 Å². The number of ketones is 1. The molecule has 4 fully saturated rings. The summed E-state index contributed by atoms with van der Waals surface area (Å²) in [6, 6.07) is 0. The predicted molar refractivity (Wildman–Crippen MR) is 237 cm³/mol. The lowest BCUT2D eigenvalue weighted by molar-refractivity contribution is -0.211. The van der Waals surface area contributed by atoms with Crippen LogP contribution in [0.3, 0.4) is 0 Å². The van der Waals surface area contributed by atoms with Gasteiger partial charge >= 0.3 is 17.9 Å². The quantitative estimate of drug-likeness (QED) is 0.0856. The number of carboxylic acid groups (broad SMARTS) is 1. The summed E-state index contributed by atoms with van der Waals surface area (Å²) in [5, 5.41) is 9.10. The zero-order valence-corrected chi connectivity index (χ0v) is 39.1. The molecule has 0 aromatic heterocycles. The van der Waals surface area contributed by atoms with Crippen LogP contribution in [0.5, 0.6) is 0 Å². The molecule has 9 atom stereocenters. The molecule has 336 valence electrons. The number of aliphatic carboxylic acids is 1. The standard InChI is InChI=1S/C52H86O7/c1-9-10-11-12-13-14-15-16-17-18-19-20-21-22-23-24-35-58-46(57)49(5)32-31-48(4)33-34-51(7)38(39(48)37-49)36-40(53)45-50(6)29-28-42(59-44(56)26-25-43(54)55)47(2,3)41(50)27-30-52(45,51)8/h36,39,41-42,45H,9-35,37H2,1-8H3,(H,54,55)/t39-,41-,42-,45+,48+,49-,50-,51+,52+/m0/s1. The van der Waals surface area contributed by atoms with E-state index in [0.717, 1.165) is 64.2 Å². The second-order valence-corrected chi connectivity index (χ2v) is 22.4. The van der Waals surface area contributed by atoms with Crippen molar-refractivity contribution in [2.45, 2.75) is 235 Å². The van der Waals surface area contributed by atoms with E-state index in [-0.39, 0.29) is 75.5 Å². The SMILES string of the molecule is CCCCCCCCCCCCCCCCCCOC(=O)[C@@]1(C)CC[C@]2(C)CC[C@]3(C)C(=CC(=O)[C@@H]4[C@@]5(C)CC[C@H](OC(=O)CCC(=O)O)C(C)(C)[C@@H]5CC[C@]43C)[C@@H]2C1. The molecule has 0 amide bonds. The molecule has 59 heavy (non-hydrogen) atoms. The fourth-order valence-electron chi connectivity index (χ4n) is 14.0. The van der Waals surface area contributed by atoms with Gasteiger partial charge in [0.15, 0.2) is 5.78 Å². The van der Waals surface area contributed by atoms with Gasteiger partial charge < -0.3 is 14.6 Å². The molecule has 0 aliphatic heterocycles. The van der Waals surface area contributed by atoms with Gasteiger partial charge in [0.1, 0.15) is 6.10 Å². The first kappa shape index (κ1) is 47.9. The lowest BCUT2D eigenvalue weighted by Gasteiger charge is -2.70. The van der Waals surface area contributed by atoms with Crippen molar-refractivity contribution in [3.05, 3.63) is 11.6 Å². The Hall–Kier alpha value is -2.18. The predicted octanol–water partition coefficient (Wildman–Crippen LogP) is 13.5. The van der Waals surface area contributed by atoms with Crippen molar-refractivity contribution in [2.75, 3.05) is 6.61 Å².